The highest BCUT2D eigenvalue weighted by Gasteiger charge is 2.39. The first-order valence-electron chi connectivity index (χ1n) is 15.3. The number of aliphatic hydroxyl groups excluding tert-OH is 2. The summed E-state index contributed by atoms with van der Waals surface area (Å²) in [5.41, 5.74) is 14.1. The molecule has 0 radical (unpaired) electrons. The molecule has 7 atom stereocenters. The summed E-state index contributed by atoms with van der Waals surface area (Å²) in [6, 6.07) is 9.67. The zero-order valence-electron chi connectivity index (χ0n) is 26.1. The van der Waals surface area contributed by atoms with E-state index in [1.807, 2.05) is 70.2 Å². The van der Waals surface area contributed by atoms with Gasteiger partial charge in [-0.3, -0.25) is 14.4 Å². The zero-order valence-corrected chi connectivity index (χ0v) is 26.1. The van der Waals surface area contributed by atoms with Gasteiger partial charge < -0.3 is 37.3 Å². The number of carbonyl (C=O) groups excluding carboxylic acids is 3. The van der Waals surface area contributed by atoms with Crippen molar-refractivity contribution < 1.29 is 24.6 Å². The number of carbonyl (C=O) groups is 3. The second kappa shape index (κ2) is 16.4. The number of nitrogens with zero attached hydrogens (tertiary/aromatic N) is 1. The normalized spacial score (nSPS) is 16.5. The third kappa shape index (κ3) is 9.18. The second-order valence-electron chi connectivity index (χ2n) is 12.1. The first kappa shape index (κ1) is 34.8. The Morgan fingerprint density at radius 3 is 2.32 bits per heavy atom. The molecule has 1 aromatic heterocycles. The molecular formula is C33H48N6O5. The molecule has 0 aliphatic carbocycles. The van der Waals surface area contributed by atoms with E-state index in [1.165, 1.54) is 6.33 Å². The zero-order chi connectivity index (χ0) is 32.4. The largest absolute Gasteiger partial charge is 0.394 e. The molecule has 3 rings (SSSR count). The summed E-state index contributed by atoms with van der Waals surface area (Å²) in [5.74, 6) is -2.76. The molecule has 1 heterocycles. The van der Waals surface area contributed by atoms with Crippen LogP contribution in [-0.4, -0.2) is 74.7 Å². The lowest BCUT2D eigenvalue weighted by atomic mass is 9.81. The number of benzene rings is 2. The molecule has 44 heavy (non-hydrogen) atoms. The fourth-order valence-corrected chi connectivity index (χ4v) is 5.44. The van der Waals surface area contributed by atoms with E-state index in [0.717, 1.165) is 22.8 Å². The van der Waals surface area contributed by atoms with Gasteiger partial charge in [-0.05, 0) is 41.0 Å². The highest BCUT2D eigenvalue weighted by Crippen LogP contribution is 2.23. The number of H-pyrrole nitrogens is 1. The van der Waals surface area contributed by atoms with Crippen molar-refractivity contribution in [1.82, 2.24) is 20.6 Å². The third-order valence-corrected chi connectivity index (χ3v) is 8.32. The van der Waals surface area contributed by atoms with Crippen LogP contribution in [0.4, 0.5) is 0 Å². The quantitative estimate of drug-likeness (QED) is 0.120. The Balaban J connectivity index is 1.82. The topological polar surface area (TPSA) is 196 Å². The van der Waals surface area contributed by atoms with Crippen LogP contribution in [0.25, 0.3) is 10.8 Å². The number of ketones is 1. The lowest BCUT2D eigenvalue weighted by Crippen LogP contribution is -2.58. The van der Waals surface area contributed by atoms with Crippen LogP contribution in [0, 0.1) is 17.8 Å². The molecule has 1 unspecified atom stereocenters. The smallest absolute Gasteiger partial charge is 0.239 e. The average molecular weight is 609 g/mol. The van der Waals surface area contributed by atoms with Gasteiger partial charge in [0.15, 0.2) is 5.78 Å². The molecule has 2 amide bonds. The van der Waals surface area contributed by atoms with Gasteiger partial charge in [-0.1, -0.05) is 76.6 Å². The Kier molecular flexibility index (Phi) is 13.0. The van der Waals surface area contributed by atoms with Crippen molar-refractivity contribution in [3.8, 4) is 0 Å². The Morgan fingerprint density at radius 1 is 0.977 bits per heavy atom. The maximum absolute atomic E-state index is 14.1. The molecule has 240 valence electrons. The molecule has 0 saturated carbocycles. The fraction of sp³-hybridized carbons (Fsp3) is 0.515. The van der Waals surface area contributed by atoms with Gasteiger partial charge in [0.05, 0.1) is 37.2 Å². The molecule has 0 spiro atoms. The number of fused-ring (bicyclic) bond motifs is 1. The molecule has 2 aromatic carbocycles. The summed E-state index contributed by atoms with van der Waals surface area (Å²) in [6.07, 6.45) is 2.77. The predicted molar refractivity (Wildman–Crippen MR) is 170 cm³/mol. The fourth-order valence-electron chi connectivity index (χ4n) is 5.44. The molecule has 0 aliphatic heterocycles. The highest BCUT2D eigenvalue weighted by molar-refractivity contribution is 5.94. The number of hydrogen-bond donors (Lipinski definition) is 7. The molecule has 11 nitrogen and oxygen atoms in total. The number of amides is 2. The highest BCUT2D eigenvalue weighted by atomic mass is 16.3. The van der Waals surface area contributed by atoms with E-state index in [1.54, 1.807) is 6.20 Å². The monoisotopic (exact) mass is 608 g/mol. The van der Waals surface area contributed by atoms with Crippen LogP contribution in [-0.2, 0) is 27.2 Å². The van der Waals surface area contributed by atoms with Crippen LogP contribution in [0.3, 0.4) is 0 Å². The summed E-state index contributed by atoms with van der Waals surface area (Å²) in [7, 11) is 0. The van der Waals surface area contributed by atoms with E-state index in [-0.39, 0.29) is 37.7 Å². The van der Waals surface area contributed by atoms with Crippen molar-refractivity contribution in [2.45, 2.75) is 83.6 Å². The molecule has 0 saturated heterocycles. The van der Waals surface area contributed by atoms with Gasteiger partial charge in [-0.25, -0.2) is 4.98 Å². The molecular weight excluding hydrogens is 560 g/mol. The number of nitrogens with one attached hydrogen (secondary N) is 3. The van der Waals surface area contributed by atoms with E-state index < -0.39 is 53.8 Å². The van der Waals surface area contributed by atoms with E-state index >= 15 is 0 Å². The van der Waals surface area contributed by atoms with Gasteiger partial charge in [0.25, 0.3) is 0 Å². The number of nitrogens with two attached hydrogens (primary N) is 2. The van der Waals surface area contributed by atoms with Crippen LogP contribution in [0.1, 0.15) is 51.8 Å². The minimum atomic E-state index is -1.54. The van der Waals surface area contributed by atoms with Crippen LogP contribution < -0.4 is 22.1 Å². The average Bonchev–Trinajstić information content (AvgIpc) is 3.53. The maximum Gasteiger partial charge on any atom is 0.239 e. The number of hydrogen-bond acceptors (Lipinski definition) is 8. The van der Waals surface area contributed by atoms with Crippen molar-refractivity contribution in [2.75, 3.05) is 6.61 Å². The molecule has 3 aromatic rings. The van der Waals surface area contributed by atoms with Crippen molar-refractivity contribution in [2.24, 2.45) is 29.2 Å². The summed E-state index contributed by atoms with van der Waals surface area (Å²) >= 11 is 0. The number of rotatable bonds is 17. The molecule has 0 aliphatic rings. The van der Waals surface area contributed by atoms with Gasteiger partial charge in [0.1, 0.15) is 6.04 Å². The van der Waals surface area contributed by atoms with Gasteiger partial charge in [-0.2, -0.15) is 0 Å². The van der Waals surface area contributed by atoms with Crippen molar-refractivity contribution >= 4 is 28.4 Å². The lowest BCUT2D eigenvalue weighted by Gasteiger charge is -2.32. The van der Waals surface area contributed by atoms with Gasteiger partial charge >= 0.3 is 0 Å². The molecule has 0 fully saturated rings. The molecule has 9 N–H and O–H groups in total. The number of aromatic nitrogens is 2. The Labute approximate surface area is 259 Å². The van der Waals surface area contributed by atoms with E-state index in [0.29, 0.717) is 5.69 Å². The maximum atomic E-state index is 14.1. The number of aliphatic hydroxyl groups is 2. The minimum Gasteiger partial charge on any atom is -0.394 e. The first-order chi connectivity index (χ1) is 21.0. The molecule has 0 bridgehead atoms. The number of Topliss-reactive ketones (excluding diaryl/α,β-unsaturated/α-hetero) is 1. The van der Waals surface area contributed by atoms with Gasteiger partial charge in [0, 0.05) is 24.2 Å². The minimum absolute atomic E-state index is 0.0199. The summed E-state index contributed by atoms with van der Waals surface area (Å²) in [5, 5.41) is 28.6. The Hall–Kier alpha value is -3.64. The third-order valence-electron chi connectivity index (χ3n) is 8.32. The van der Waals surface area contributed by atoms with Crippen LogP contribution in [0.15, 0.2) is 55.0 Å². The number of imidazole rings is 1. The van der Waals surface area contributed by atoms with Crippen LogP contribution >= 0.6 is 0 Å². The van der Waals surface area contributed by atoms with E-state index in [2.05, 4.69) is 20.6 Å². The van der Waals surface area contributed by atoms with E-state index in [4.69, 9.17) is 11.5 Å². The van der Waals surface area contributed by atoms with E-state index in [9.17, 15) is 24.6 Å². The van der Waals surface area contributed by atoms with Gasteiger partial charge in [-0.15, -0.1) is 0 Å². The lowest BCUT2D eigenvalue weighted by molar-refractivity contribution is -0.136. The number of aromatic amines is 1. The van der Waals surface area contributed by atoms with Crippen molar-refractivity contribution in [3.63, 3.8) is 0 Å². The Bertz CT molecular complexity index is 1360. The van der Waals surface area contributed by atoms with Crippen molar-refractivity contribution in [1.29, 1.82) is 0 Å². The molecule has 11 heteroatoms. The predicted octanol–water partition coefficient (Wildman–Crippen LogP) is 1.60. The summed E-state index contributed by atoms with van der Waals surface area (Å²) < 4.78 is 0. The first-order valence-corrected chi connectivity index (χ1v) is 15.3. The van der Waals surface area contributed by atoms with Crippen LogP contribution in [0.2, 0.25) is 0 Å². The van der Waals surface area contributed by atoms with Crippen LogP contribution in [0.5, 0.6) is 0 Å². The summed E-state index contributed by atoms with van der Waals surface area (Å²) in [6.45, 7) is 7.34. The second-order valence-corrected chi connectivity index (χ2v) is 12.1. The standard InChI is InChI=1S/C33H48N6O5/c1-5-20(4)28(17-40)39-33(44)29(35)31(42)25(13-19(2)3)30(41)27(15-23-16-36-18-37-23)38-32(43)26(34)14-22-11-8-10-21-9-6-7-12-24(21)22/h6-12,16,18-20,25-29,31,40,42H,5,13-15,17,34-35H2,1-4H3,(H,36,37)(H,38,43)(H,39,44)/t20-,25+,26-,27-,28+,29?,31-/m0/s1. The Morgan fingerprint density at radius 2 is 1.68 bits per heavy atom. The SMILES string of the molecule is CC[C@H](C)[C@@H](CO)NC(=O)C(N)[C@@H](O)[C@H](CC(C)C)C(=O)[C@H](Cc1cnc[nH]1)NC(=O)[C@@H](N)Cc1cccc2ccccc12. The van der Waals surface area contributed by atoms with Gasteiger partial charge in [0.2, 0.25) is 11.8 Å². The van der Waals surface area contributed by atoms with Crippen molar-refractivity contribution in [3.05, 3.63) is 66.2 Å². The summed E-state index contributed by atoms with van der Waals surface area (Å²) in [4.78, 5) is 47.6.